The van der Waals surface area contributed by atoms with E-state index in [1.54, 1.807) is 0 Å². The molecule has 0 aliphatic heterocycles. The van der Waals surface area contributed by atoms with E-state index in [2.05, 4.69) is 41.5 Å². The SMILES string of the molecule is CCCCCCCCCCCCC(=O)O[C@H](COC(=O)CCCCCCCCCCC)COP(=O)(O)OC[C@H](O)COP(=O)(O)OC[C@@H](COC(=O)CCCCCCCCCCC(C)CC)OC(=O)CCCCCCCCCCCCCCCCCCCCC(C)CC. The van der Waals surface area contributed by atoms with Crippen LogP contribution in [-0.2, 0) is 65.4 Å². The summed E-state index contributed by atoms with van der Waals surface area (Å²) >= 11 is 0. The second-order valence-electron chi connectivity index (χ2n) is 27.2. The molecule has 7 atom stereocenters. The summed E-state index contributed by atoms with van der Waals surface area (Å²) in [4.78, 5) is 72.6. The molecule has 0 spiro atoms. The van der Waals surface area contributed by atoms with Gasteiger partial charge in [-0.15, -0.1) is 0 Å². The van der Waals surface area contributed by atoms with Gasteiger partial charge in [-0.3, -0.25) is 37.3 Å². The Bertz CT molecular complexity index is 1810. The van der Waals surface area contributed by atoms with Crippen molar-refractivity contribution in [1.82, 2.24) is 0 Å². The Balaban J connectivity index is 5.16. The molecule has 19 heteroatoms. The van der Waals surface area contributed by atoms with E-state index in [1.165, 1.54) is 199 Å². The average Bonchev–Trinajstić information content (AvgIpc) is 3.50. The number of hydrogen-bond donors (Lipinski definition) is 3. The van der Waals surface area contributed by atoms with Gasteiger partial charge in [0.05, 0.1) is 26.4 Å². The molecular weight excluding hydrogens is 1220 g/mol. The van der Waals surface area contributed by atoms with Crippen molar-refractivity contribution in [1.29, 1.82) is 0 Å². The van der Waals surface area contributed by atoms with E-state index < -0.39 is 97.5 Å². The molecule has 0 saturated heterocycles. The lowest BCUT2D eigenvalue weighted by Gasteiger charge is -2.21. The molecule has 0 aromatic rings. The van der Waals surface area contributed by atoms with Gasteiger partial charge in [0.2, 0.25) is 0 Å². The lowest BCUT2D eigenvalue weighted by atomic mass is 9.99. The molecule has 552 valence electrons. The smallest absolute Gasteiger partial charge is 0.462 e. The van der Waals surface area contributed by atoms with Crippen LogP contribution in [-0.4, -0.2) is 96.7 Å². The first-order chi connectivity index (χ1) is 44.9. The molecule has 4 unspecified atom stereocenters. The molecule has 0 aliphatic carbocycles. The number of rotatable bonds is 73. The van der Waals surface area contributed by atoms with Crippen LogP contribution < -0.4 is 0 Å². The van der Waals surface area contributed by atoms with Gasteiger partial charge in [0.1, 0.15) is 19.3 Å². The molecule has 0 amide bonds. The van der Waals surface area contributed by atoms with Crippen molar-refractivity contribution in [2.24, 2.45) is 11.8 Å². The van der Waals surface area contributed by atoms with Gasteiger partial charge in [0.15, 0.2) is 12.2 Å². The highest BCUT2D eigenvalue weighted by atomic mass is 31.2. The van der Waals surface area contributed by atoms with E-state index in [9.17, 15) is 43.2 Å². The Labute approximate surface area is 568 Å². The highest BCUT2D eigenvalue weighted by Crippen LogP contribution is 2.45. The first-order valence-electron chi connectivity index (χ1n) is 38.6. The fraction of sp³-hybridized carbons (Fsp3) is 0.946. The van der Waals surface area contributed by atoms with Gasteiger partial charge in [-0.25, -0.2) is 9.13 Å². The molecule has 0 aromatic heterocycles. The van der Waals surface area contributed by atoms with E-state index >= 15 is 0 Å². The highest BCUT2D eigenvalue weighted by Gasteiger charge is 2.30. The third-order valence-electron chi connectivity index (χ3n) is 17.9. The minimum atomic E-state index is -4.95. The first-order valence-corrected chi connectivity index (χ1v) is 41.6. The summed E-state index contributed by atoms with van der Waals surface area (Å²) in [5.41, 5.74) is 0. The normalized spacial score (nSPS) is 14.6. The van der Waals surface area contributed by atoms with E-state index in [1.807, 2.05) is 0 Å². The third-order valence-corrected chi connectivity index (χ3v) is 19.8. The molecule has 0 bridgehead atoms. The van der Waals surface area contributed by atoms with Gasteiger partial charge in [-0.05, 0) is 37.5 Å². The van der Waals surface area contributed by atoms with Crippen molar-refractivity contribution in [3.8, 4) is 0 Å². The number of phosphoric ester groups is 2. The highest BCUT2D eigenvalue weighted by molar-refractivity contribution is 7.47. The molecule has 3 N–H and O–H groups in total. The number of unbranched alkanes of at least 4 members (excludes halogenated alkanes) is 41. The fourth-order valence-corrected chi connectivity index (χ4v) is 12.8. The van der Waals surface area contributed by atoms with Crippen LogP contribution in [0, 0.1) is 11.8 Å². The monoisotopic (exact) mass is 1370 g/mol. The standard InChI is InChI=1S/C74H144O17P2/c1-7-11-13-15-17-19-32-40-46-52-58-73(78)90-69(62-84-71(76)56-50-44-38-30-18-16-14-12-8-2)64-88-92(80,81)86-60-68(75)61-87-93(82,83)89-65-70(63-85-72(77)57-51-45-39-35-34-37-43-49-55-67(6)10-4)91-74(79)59-53-47-41-33-29-27-25-23-21-20-22-24-26-28-31-36-42-48-54-66(5)9-3/h66-70,75H,7-65H2,1-6H3,(H,80,81)(H,82,83)/t66?,67?,68-,69+,70+/m0/s1. The Morgan fingerprint density at radius 2 is 0.516 bits per heavy atom. The minimum Gasteiger partial charge on any atom is -0.462 e. The lowest BCUT2D eigenvalue weighted by Crippen LogP contribution is -2.30. The van der Waals surface area contributed by atoms with Gasteiger partial charge in [0, 0.05) is 25.7 Å². The van der Waals surface area contributed by atoms with Crippen LogP contribution in [0.2, 0.25) is 0 Å². The maximum absolute atomic E-state index is 13.1. The predicted molar refractivity (Wildman–Crippen MR) is 377 cm³/mol. The number of phosphoric acid groups is 2. The van der Waals surface area contributed by atoms with Crippen LogP contribution in [0.15, 0.2) is 0 Å². The predicted octanol–water partition coefficient (Wildman–Crippen LogP) is 21.6. The Hall–Kier alpha value is -1.94. The van der Waals surface area contributed by atoms with Crippen LogP contribution in [0.1, 0.15) is 382 Å². The van der Waals surface area contributed by atoms with Crippen LogP contribution in [0.5, 0.6) is 0 Å². The van der Waals surface area contributed by atoms with Crippen molar-refractivity contribution in [3.05, 3.63) is 0 Å². The number of esters is 4. The van der Waals surface area contributed by atoms with E-state index in [0.29, 0.717) is 25.7 Å². The first kappa shape index (κ1) is 91.1. The van der Waals surface area contributed by atoms with E-state index in [4.69, 9.17) is 37.0 Å². The number of aliphatic hydroxyl groups excluding tert-OH is 1. The minimum absolute atomic E-state index is 0.106. The summed E-state index contributed by atoms with van der Waals surface area (Å²) in [5, 5.41) is 10.6. The molecule has 0 heterocycles. The van der Waals surface area contributed by atoms with Gasteiger partial charge < -0.3 is 33.8 Å². The lowest BCUT2D eigenvalue weighted by molar-refractivity contribution is -0.161. The zero-order chi connectivity index (χ0) is 68.6. The molecule has 0 aromatic carbocycles. The van der Waals surface area contributed by atoms with E-state index in [0.717, 1.165) is 102 Å². The molecule has 0 aliphatic rings. The summed E-state index contributed by atoms with van der Waals surface area (Å²) < 4.78 is 68.3. The van der Waals surface area contributed by atoms with Crippen LogP contribution >= 0.6 is 15.6 Å². The second kappa shape index (κ2) is 66.0. The zero-order valence-corrected chi connectivity index (χ0v) is 62.3. The van der Waals surface area contributed by atoms with Crippen LogP contribution in [0.3, 0.4) is 0 Å². The van der Waals surface area contributed by atoms with Crippen molar-refractivity contribution >= 4 is 39.5 Å². The summed E-state index contributed by atoms with van der Waals surface area (Å²) in [5.74, 6) is -0.473. The fourth-order valence-electron chi connectivity index (χ4n) is 11.2. The van der Waals surface area contributed by atoms with Gasteiger partial charge in [0.25, 0.3) is 0 Å². The number of aliphatic hydroxyl groups is 1. The van der Waals surface area contributed by atoms with Gasteiger partial charge in [-0.2, -0.15) is 0 Å². The number of carbonyl (C=O) groups excluding carboxylic acids is 4. The van der Waals surface area contributed by atoms with E-state index in [-0.39, 0.29) is 25.7 Å². The van der Waals surface area contributed by atoms with Crippen LogP contribution in [0.25, 0.3) is 0 Å². The maximum Gasteiger partial charge on any atom is 0.472 e. The van der Waals surface area contributed by atoms with Gasteiger partial charge >= 0.3 is 39.5 Å². The third kappa shape index (κ3) is 65.8. The largest absolute Gasteiger partial charge is 0.472 e. The van der Waals surface area contributed by atoms with Crippen molar-refractivity contribution < 1.29 is 80.2 Å². The Morgan fingerprint density at radius 1 is 0.301 bits per heavy atom. The molecule has 0 saturated carbocycles. The molecular formula is C74H144O17P2. The van der Waals surface area contributed by atoms with Crippen LogP contribution in [0.4, 0.5) is 0 Å². The summed E-state index contributed by atoms with van der Waals surface area (Å²) in [6, 6.07) is 0. The van der Waals surface area contributed by atoms with Crippen molar-refractivity contribution in [3.63, 3.8) is 0 Å². The summed E-state index contributed by atoms with van der Waals surface area (Å²) in [6.45, 7) is 9.62. The summed E-state index contributed by atoms with van der Waals surface area (Å²) in [6.07, 6.45) is 52.7. The second-order valence-corrected chi connectivity index (χ2v) is 30.1. The topological polar surface area (TPSA) is 237 Å². The number of hydrogen-bond acceptors (Lipinski definition) is 15. The Morgan fingerprint density at radius 3 is 0.763 bits per heavy atom. The van der Waals surface area contributed by atoms with Crippen molar-refractivity contribution in [2.75, 3.05) is 39.6 Å². The van der Waals surface area contributed by atoms with Crippen molar-refractivity contribution in [2.45, 2.75) is 400 Å². The molecule has 0 radical (unpaired) electrons. The molecule has 17 nitrogen and oxygen atoms in total. The molecule has 93 heavy (non-hydrogen) atoms. The average molecular weight is 1370 g/mol. The molecule has 0 fully saturated rings. The van der Waals surface area contributed by atoms with Gasteiger partial charge in [-0.1, -0.05) is 330 Å². The Kier molecular flexibility index (Phi) is 64.6. The summed E-state index contributed by atoms with van der Waals surface area (Å²) in [7, 11) is -9.90. The number of carbonyl (C=O) groups is 4. The maximum atomic E-state index is 13.1. The number of ether oxygens (including phenoxy) is 4. The molecule has 0 rings (SSSR count). The quantitative estimate of drug-likeness (QED) is 0.0222. The zero-order valence-electron chi connectivity index (χ0n) is 60.6.